The van der Waals surface area contributed by atoms with E-state index in [1.165, 1.54) is 16.3 Å². The number of hydrogen-bond acceptors (Lipinski definition) is 3. The van der Waals surface area contributed by atoms with E-state index < -0.39 is 0 Å². The molecule has 19 heavy (non-hydrogen) atoms. The molecule has 0 atom stereocenters. The van der Waals surface area contributed by atoms with Crippen LogP contribution in [0.15, 0.2) is 41.5 Å². The molecule has 0 aliphatic heterocycles. The van der Waals surface area contributed by atoms with Crippen molar-refractivity contribution < 1.29 is 0 Å². The molecule has 2 aromatic carbocycles. The van der Waals surface area contributed by atoms with Gasteiger partial charge in [0.05, 0.1) is 5.69 Å². The second-order valence-electron chi connectivity index (χ2n) is 4.99. The highest BCUT2D eigenvalue weighted by molar-refractivity contribution is 5.86. The van der Waals surface area contributed by atoms with Crippen LogP contribution < -0.4 is 16.7 Å². The van der Waals surface area contributed by atoms with Crippen LogP contribution in [0.1, 0.15) is 19.4 Å². The predicted octanol–water partition coefficient (Wildman–Crippen LogP) is 2.99. The Kier molecular flexibility index (Phi) is 3.90. The molecule has 0 amide bonds. The predicted molar refractivity (Wildman–Crippen MR) is 81.9 cm³/mol. The molecule has 0 spiro atoms. The van der Waals surface area contributed by atoms with E-state index >= 15 is 0 Å². The minimum Gasteiger partial charge on any atom is -0.385 e. The lowest BCUT2D eigenvalue weighted by molar-refractivity contribution is 0.808. The first-order valence-corrected chi connectivity index (χ1v) is 6.41. The number of hydrazone groups is 1. The van der Waals surface area contributed by atoms with Crippen molar-refractivity contribution in [3.05, 3.63) is 42.0 Å². The minimum atomic E-state index is 0.230. The zero-order valence-corrected chi connectivity index (χ0v) is 11.6. The summed E-state index contributed by atoms with van der Waals surface area (Å²) in [6.45, 7) is 6.09. The molecule has 0 radical (unpaired) electrons. The highest BCUT2D eigenvalue weighted by Crippen LogP contribution is 2.19. The van der Waals surface area contributed by atoms with Crippen LogP contribution >= 0.6 is 0 Å². The Morgan fingerprint density at radius 1 is 1.11 bits per heavy atom. The van der Waals surface area contributed by atoms with Gasteiger partial charge in [-0.1, -0.05) is 43.7 Å². The van der Waals surface area contributed by atoms with Gasteiger partial charge >= 0.3 is 0 Å². The standard InChI is InChI=1S/C15H20N4/c1-10(2)15(16)18-19-17-14-7-6-12-5-4-11(3)8-13(12)9-14/h4-10,17,19H,1-3H3,(H2,16,18). The third-order valence-corrected chi connectivity index (χ3v) is 2.97. The summed E-state index contributed by atoms with van der Waals surface area (Å²) in [5.74, 6) is 0.803. The monoisotopic (exact) mass is 256 g/mol. The van der Waals surface area contributed by atoms with E-state index in [0.717, 1.165) is 5.69 Å². The van der Waals surface area contributed by atoms with Gasteiger partial charge in [-0.05, 0) is 29.8 Å². The van der Waals surface area contributed by atoms with Crippen LogP contribution in [0.2, 0.25) is 0 Å². The van der Waals surface area contributed by atoms with Gasteiger partial charge in [-0.15, -0.1) is 5.10 Å². The summed E-state index contributed by atoms with van der Waals surface area (Å²) < 4.78 is 0. The molecule has 2 rings (SSSR count). The van der Waals surface area contributed by atoms with Crippen LogP contribution in [-0.4, -0.2) is 5.84 Å². The van der Waals surface area contributed by atoms with Crippen molar-refractivity contribution in [1.29, 1.82) is 0 Å². The smallest absolute Gasteiger partial charge is 0.124 e. The normalized spacial score (nSPS) is 11.9. The Morgan fingerprint density at radius 2 is 1.84 bits per heavy atom. The van der Waals surface area contributed by atoms with Gasteiger partial charge in [0.1, 0.15) is 5.84 Å². The molecule has 100 valence electrons. The molecule has 0 unspecified atom stereocenters. The summed E-state index contributed by atoms with van der Waals surface area (Å²) in [6.07, 6.45) is 0. The average molecular weight is 256 g/mol. The number of rotatable bonds is 4. The molecule has 0 saturated heterocycles. The molecule has 0 aliphatic rings. The van der Waals surface area contributed by atoms with Crippen LogP contribution in [0.5, 0.6) is 0 Å². The average Bonchev–Trinajstić information content (AvgIpc) is 2.38. The van der Waals surface area contributed by atoms with E-state index in [0.29, 0.717) is 5.84 Å². The number of nitrogens with zero attached hydrogens (tertiary/aromatic N) is 1. The van der Waals surface area contributed by atoms with Gasteiger partial charge in [-0.25, -0.2) is 5.53 Å². The fraction of sp³-hybridized carbons (Fsp3) is 0.267. The van der Waals surface area contributed by atoms with Crippen LogP contribution in [0.25, 0.3) is 10.8 Å². The van der Waals surface area contributed by atoms with E-state index in [1.807, 2.05) is 19.9 Å². The van der Waals surface area contributed by atoms with Crippen molar-refractivity contribution in [3.63, 3.8) is 0 Å². The minimum absolute atomic E-state index is 0.230. The highest BCUT2D eigenvalue weighted by atomic mass is 15.6. The molecule has 0 aromatic heterocycles. The number of fused-ring (bicyclic) bond motifs is 1. The zero-order chi connectivity index (χ0) is 13.8. The van der Waals surface area contributed by atoms with Crippen molar-refractivity contribution in [3.8, 4) is 0 Å². The highest BCUT2D eigenvalue weighted by Gasteiger charge is 1.99. The summed E-state index contributed by atoms with van der Waals surface area (Å²) in [5.41, 5.74) is 13.7. The first-order chi connectivity index (χ1) is 9.06. The first-order valence-electron chi connectivity index (χ1n) is 6.41. The molecule has 4 nitrogen and oxygen atoms in total. The van der Waals surface area contributed by atoms with Gasteiger partial charge in [0.25, 0.3) is 0 Å². The van der Waals surface area contributed by atoms with Gasteiger partial charge < -0.3 is 5.73 Å². The fourth-order valence-corrected chi connectivity index (χ4v) is 1.73. The number of hydrazine groups is 1. The summed E-state index contributed by atoms with van der Waals surface area (Å²) in [6, 6.07) is 12.6. The molecule has 0 bridgehead atoms. The number of amidine groups is 1. The number of benzene rings is 2. The SMILES string of the molecule is Cc1ccc2ccc(NN/N=C(\N)C(C)C)cc2c1. The second kappa shape index (κ2) is 5.61. The Bertz CT molecular complexity index is 602. The summed E-state index contributed by atoms with van der Waals surface area (Å²) in [5, 5.41) is 6.47. The lowest BCUT2D eigenvalue weighted by Gasteiger charge is -2.09. The van der Waals surface area contributed by atoms with Crippen LogP contribution in [0.4, 0.5) is 5.69 Å². The third-order valence-electron chi connectivity index (χ3n) is 2.97. The molecular formula is C15H20N4. The maximum Gasteiger partial charge on any atom is 0.124 e. The zero-order valence-electron chi connectivity index (χ0n) is 11.6. The summed E-state index contributed by atoms with van der Waals surface area (Å²) in [7, 11) is 0. The maximum atomic E-state index is 5.74. The molecule has 0 saturated carbocycles. The van der Waals surface area contributed by atoms with Gasteiger partial charge in [0.2, 0.25) is 0 Å². The van der Waals surface area contributed by atoms with Crippen molar-refractivity contribution in [2.24, 2.45) is 16.8 Å². The molecule has 4 N–H and O–H groups in total. The van der Waals surface area contributed by atoms with Crippen LogP contribution in [0.3, 0.4) is 0 Å². The fourth-order valence-electron chi connectivity index (χ4n) is 1.73. The van der Waals surface area contributed by atoms with Gasteiger partial charge in [0.15, 0.2) is 0 Å². The Balaban J connectivity index is 2.11. The van der Waals surface area contributed by atoms with Crippen LogP contribution in [-0.2, 0) is 0 Å². The maximum absolute atomic E-state index is 5.74. The first kappa shape index (κ1) is 13.2. The van der Waals surface area contributed by atoms with Gasteiger partial charge in [0, 0.05) is 5.92 Å². The molecular weight excluding hydrogens is 236 g/mol. The van der Waals surface area contributed by atoms with E-state index in [4.69, 9.17) is 5.73 Å². The largest absolute Gasteiger partial charge is 0.385 e. The van der Waals surface area contributed by atoms with Crippen molar-refractivity contribution in [2.75, 3.05) is 5.43 Å². The Hall–Kier alpha value is -2.23. The van der Waals surface area contributed by atoms with E-state index in [2.05, 4.69) is 53.3 Å². The van der Waals surface area contributed by atoms with Crippen molar-refractivity contribution in [2.45, 2.75) is 20.8 Å². The lowest BCUT2D eigenvalue weighted by Crippen LogP contribution is -2.25. The number of anilines is 1. The summed E-state index contributed by atoms with van der Waals surface area (Å²) >= 11 is 0. The van der Waals surface area contributed by atoms with E-state index in [-0.39, 0.29) is 5.92 Å². The quantitative estimate of drug-likeness (QED) is 0.447. The van der Waals surface area contributed by atoms with Crippen LogP contribution in [0, 0.1) is 12.8 Å². The summed E-state index contributed by atoms with van der Waals surface area (Å²) in [4.78, 5) is 0. The van der Waals surface area contributed by atoms with E-state index in [1.54, 1.807) is 0 Å². The molecule has 4 heteroatoms. The van der Waals surface area contributed by atoms with Crippen molar-refractivity contribution in [1.82, 2.24) is 5.53 Å². The van der Waals surface area contributed by atoms with Crippen molar-refractivity contribution >= 4 is 22.3 Å². The van der Waals surface area contributed by atoms with Gasteiger partial charge in [-0.2, -0.15) is 0 Å². The lowest BCUT2D eigenvalue weighted by atomic mass is 10.1. The molecule has 2 aromatic rings. The molecule has 0 heterocycles. The number of hydrogen-bond donors (Lipinski definition) is 3. The second-order valence-corrected chi connectivity index (χ2v) is 4.99. The third kappa shape index (κ3) is 3.37. The van der Waals surface area contributed by atoms with Gasteiger partial charge in [-0.3, -0.25) is 5.43 Å². The Morgan fingerprint density at radius 3 is 2.58 bits per heavy atom. The Labute approximate surface area is 113 Å². The molecule has 0 fully saturated rings. The topological polar surface area (TPSA) is 62.4 Å². The number of aryl methyl sites for hydroxylation is 1. The number of nitrogens with one attached hydrogen (secondary N) is 2. The van der Waals surface area contributed by atoms with E-state index in [9.17, 15) is 0 Å². The molecule has 0 aliphatic carbocycles. The number of nitrogens with two attached hydrogens (primary N) is 1.